The third kappa shape index (κ3) is 4.59. The molecule has 1 amide bonds. The number of aromatic nitrogens is 1. The molecule has 3 aromatic rings. The Labute approximate surface area is 159 Å². The van der Waals surface area contributed by atoms with Crippen molar-refractivity contribution in [3.8, 4) is 5.75 Å². The summed E-state index contributed by atoms with van der Waals surface area (Å²) in [5, 5.41) is 5.36. The lowest BCUT2D eigenvalue weighted by Crippen LogP contribution is -2.13. The second-order valence-electron chi connectivity index (χ2n) is 5.79. The van der Waals surface area contributed by atoms with Crippen molar-refractivity contribution in [3.63, 3.8) is 0 Å². The Morgan fingerprint density at radius 2 is 1.79 bits per heavy atom. The number of nitrogens with one attached hydrogen (secondary N) is 2. The van der Waals surface area contributed by atoms with Gasteiger partial charge < -0.3 is 15.4 Å². The first-order chi connectivity index (χ1) is 13.4. The van der Waals surface area contributed by atoms with E-state index in [2.05, 4.69) is 15.6 Å². The first-order valence-electron chi connectivity index (χ1n) is 8.21. The largest absolute Gasteiger partial charge is 0.497 e. The molecule has 1 heterocycles. The summed E-state index contributed by atoms with van der Waals surface area (Å²) in [6.45, 7) is 0. The van der Waals surface area contributed by atoms with Crippen LogP contribution < -0.4 is 15.4 Å². The van der Waals surface area contributed by atoms with Crippen molar-refractivity contribution in [3.05, 3.63) is 78.1 Å². The van der Waals surface area contributed by atoms with Crippen molar-refractivity contribution in [2.24, 2.45) is 0 Å². The van der Waals surface area contributed by atoms with Crippen molar-refractivity contribution in [1.82, 2.24) is 4.98 Å². The van der Waals surface area contributed by atoms with Crippen molar-refractivity contribution in [1.29, 1.82) is 0 Å². The van der Waals surface area contributed by atoms with E-state index >= 15 is 0 Å². The molecular weight excluding hydrogens is 371 g/mol. The Bertz CT molecular complexity index is 973. The molecule has 144 valence electrons. The maximum Gasteiger partial charge on any atom is 0.418 e. The lowest BCUT2D eigenvalue weighted by atomic mass is 10.1. The minimum absolute atomic E-state index is 0.0922. The van der Waals surface area contributed by atoms with E-state index in [-0.39, 0.29) is 11.4 Å². The van der Waals surface area contributed by atoms with E-state index in [4.69, 9.17) is 4.74 Å². The number of benzene rings is 2. The van der Waals surface area contributed by atoms with Gasteiger partial charge in [-0.2, -0.15) is 13.2 Å². The van der Waals surface area contributed by atoms with Gasteiger partial charge in [-0.05, 0) is 36.4 Å². The zero-order valence-electron chi connectivity index (χ0n) is 14.7. The number of hydrogen-bond acceptors (Lipinski definition) is 4. The monoisotopic (exact) mass is 387 g/mol. The Kier molecular flexibility index (Phi) is 5.49. The third-order valence-corrected chi connectivity index (χ3v) is 3.84. The molecule has 3 rings (SSSR count). The molecular formula is C20H16F3N3O2. The van der Waals surface area contributed by atoms with E-state index in [1.807, 2.05) is 0 Å². The average Bonchev–Trinajstić information content (AvgIpc) is 2.68. The van der Waals surface area contributed by atoms with Gasteiger partial charge in [-0.1, -0.05) is 18.2 Å². The molecule has 0 spiro atoms. The highest BCUT2D eigenvalue weighted by Crippen LogP contribution is 2.35. The van der Waals surface area contributed by atoms with Gasteiger partial charge in [-0.3, -0.25) is 4.79 Å². The van der Waals surface area contributed by atoms with Gasteiger partial charge in [0.15, 0.2) is 0 Å². The van der Waals surface area contributed by atoms with Gasteiger partial charge >= 0.3 is 6.18 Å². The van der Waals surface area contributed by atoms with Crippen molar-refractivity contribution in [2.75, 3.05) is 17.7 Å². The SMILES string of the molecule is COc1cccc(NC(=O)c2ccc(Nc3ccccc3C(F)(F)F)cn2)c1. The fourth-order valence-corrected chi connectivity index (χ4v) is 2.49. The van der Waals surface area contributed by atoms with Crippen LogP contribution in [0.3, 0.4) is 0 Å². The minimum atomic E-state index is -4.48. The Morgan fingerprint density at radius 3 is 2.46 bits per heavy atom. The minimum Gasteiger partial charge on any atom is -0.497 e. The number of rotatable bonds is 5. The molecule has 28 heavy (non-hydrogen) atoms. The van der Waals surface area contributed by atoms with E-state index in [9.17, 15) is 18.0 Å². The molecule has 2 aromatic carbocycles. The standard InChI is InChI=1S/C20H16F3N3O2/c1-28-15-6-4-5-13(11-15)26-19(27)18-10-9-14(12-24-18)25-17-8-3-2-7-16(17)20(21,22)23/h2-12,25H,1H3,(H,26,27). The molecule has 0 aliphatic carbocycles. The summed E-state index contributed by atoms with van der Waals surface area (Å²) in [5.74, 6) is 0.143. The van der Waals surface area contributed by atoms with Crippen LogP contribution in [0.4, 0.5) is 30.2 Å². The molecule has 0 fully saturated rings. The van der Waals surface area contributed by atoms with Crippen LogP contribution in [-0.4, -0.2) is 18.0 Å². The topological polar surface area (TPSA) is 63.2 Å². The fraction of sp³-hybridized carbons (Fsp3) is 0.100. The lowest BCUT2D eigenvalue weighted by Gasteiger charge is -2.14. The maximum absolute atomic E-state index is 13.1. The summed E-state index contributed by atoms with van der Waals surface area (Å²) in [7, 11) is 1.52. The molecule has 2 N–H and O–H groups in total. The van der Waals surface area contributed by atoms with Crippen LogP contribution in [0, 0.1) is 0 Å². The van der Waals surface area contributed by atoms with Crippen LogP contribution >= 0.6 is 0 Å². The number of carbonyl (C=O) groups excluding carboxylic acids is 1. The van der Waals surface area contributed by atoms with Crippen LogP contribution in [0.15, 0.2) is 66.9 Å². The molecule has 0 atom stereocenters. The Hall–Kier alpha value is -3.55. The number of carbonyl (C=O) groups is 1. The number of para-hydroxylation sites is 1. The van der Waals surface area contributed by atoms with Gasteiger partial charge in [0.1, 0.15) is 11.4 Å². The maximum atomic E-state index is 13.1. The molecule has 0 saturated heterocycles. The van der Waals surface area contributed by atoms with Crippen molar-refractivity contribution in [2.45, 2.75) is 6.18 Å². The van der Waals surface area contributed by atoms with Gasteiger partial charge in [-0.15, -0.1) is 0 Å². The van der Waals surface area contributed by atoms with Gasteiger partial charge in [0, 0.05) is 11.8 Å². The smallest absolute Gasteiger partial charge is 0.418 e. The molecule has 0 saturated carbocycles. The summed E-state index contributed by atoms with van der Waals surface area (Å²) in [6, 6.07) is 14.9. The Balaban J connectivity index is 1.73. The Morgan fingerprint density at radius 1 is 1.00 bits per heavy atom. The van der Waals surface area contributed by atoms with Gasteiger partial charge in [0.05, 0.1) is 30.2 Å². The van der Waals surface area contributed by atoms with Crippen LogP contribution in [0.25, 0.3) is 0 Å². The number of pyridine rings is 1. The van der Waals surface area contributed by atoms with Gasteiger partial charge in [0.25, 0.3) is 5.91 Å². The van der Waals surface area contributed by atoms with Gasteiger partial charge in [-0.25, -0.2) is 4.98 Å². The molecule has 1 aromatic heterocycles. The number of alkyl halides is 3. The number of halogens is 3. The third-order valence-electron chi connectivity index (χ3n) is 3.84. The van der Waals surface area contributed by atoms with E-state index < -0.39 is 17.6 Å². The van der Waals surface area contributed by atoms with E-state index in [1.54, 1.807) is 24.3 Å². The van der Waals surface area contributed by atoms with Gasteiger partial charge in [0.2, 0.25) is 0 Å². The van der Waals surface area contributed by atoms with Crippen LogP contribution in [0.5, 0.6) is 5.75 Å². The summed E-state index contributed by atoms with van der Waals surface area (Å²) in [6.07, 6.45) is -3.18. The zero-order valence-corrected chi connectivity index (χ0v) is 14.7. The summed E-state index contributed by atoms with van der Waals surface area (Å²) in [5.41, 5.74) is 0.111. The molecule has 0 aliphatic rings. The predicted molar refractivity (Wildman–Crippen MR) is 99.9 cm³/mol. The van der Waals surface area contributed by atoms with Crippen molar-refractivity contribution < 1.29 is 22.7 Å². The van der Waals surface area contributed by atoms with Crippen LogP contribution in [-0.2, 0) is 6.18 Å². The van der Waals surface area contributed by atoms with Crippen molar-refractivity contribution >= 4 is 23.0 Å². The van der Waals surface area contributed by atoms with E-state index in [1.165, 1.54) is 43.6 Å². The molecule has 0 radical (unpaired) electrons. The second-order valence-corrected chi connectivity index (χ2v) is 5.79. The lowest BCUT2D eigenvalue weighted by molar-refractivity contribution is -0.136. The molecule has 0 bridgehead atoms. The quantitative estimate of drug-likeness (QED) is 0.639. The highest BCUT2D eigenvalue weighted by atomic mass is 19.4. The first-order valence-corrected chi connectivity index (χ1v) is 8.21. The van der Waals surface area contributed by atoms with Crippen LogP contribution in [0.1, 0.15) is 16.1 Å². The predicted octanol–water partition coefficient (Wildman–Crippen LogP) is 5.10. The number of amides is 1. The molecule has 0 aliphatic heterocycles. The normalized spacial score (nSPS) is 11.0. The number of nitrogens with zero attached hydrogens (tertiary/aromatic N) is 1. The fourth-order valence-electron chi connectivity index (χ4n) is 2.49. The molecule has 0 unspecified atom stereocenters. The molecule has 8 heteroatoms. The van der Waals surface area contributed by atoms with E-state index in [0.29, 0.717) is 17.1 Å². The number of hydrogen-bond donors (Lipinski definition) is 2. The summed E-state index contributed by atoms with van der Waals surface area (Å²) < 4.78 is 44.3. The van der Waals surface area contributed by atoms with Crippen LogP contribution in [0.2, 0.25) is 0 Å². The summed E-state index contributed by atoms with van der Waals surface area (Å²) >= 11 is 0. The second kappa shape index (κ2) is 7.99. The highest BCUT2D eigenvalue weighted by Gasteiger charge is 2.33. The zero-order chi connectivity index (χ0) is 20.1. The average molecular weight is 387 g/mol. The molecule has 5 nitrogen and oxygen atoms in total. The number of anilines is 3. The highest BCUT2D eigenvalue weighted by molar-refractivity contribution is 6.03. The number of ether oxygens (including phenoxy) is 1. The summed E-state index contributed by atoms with van der Waals surface area (Å²) in [4.78, 5) is 16.3. The number of methoxy groups -OCH3 is 1. The van der Waals surface area contributed by atoms with E-state index in [0.717, 1.165) is 6.07 Å². The first kappa shape index (κ1) is 19.2.